The smallest absolute Gasteiger partial charge is 0.264 e. The topological polar surface area (TPSA) is 71.5 Å². The molecule has 2 aromatic carbocycles. The van der Waals surface area contributed by atoms with Crippen molar-refractivity contribution >= 4 is 27.2 Å². The number of benzene rings is 2. The monoisotopic (exact) mass is 471 g/mol. The highest BCUT2D eigenvalue weighted by molar-refractivity contribution is 7.89. The maximum absolute atomic E-state index is 13.9. The van der Waals surface area contributed by atoms with E-state index in [0.29, 0.717) is 17.6 Å². The molecule has 3 aliphatic carbocycles. The predicted molar refractivity (Wildman–Crippen MR) is 129 cm³/mol. The van der Waals surface area contributed by atoms with Gasteiger partial charge in [-0.3, -0.25) is 13.9 Å². The number of carbonyl (C=O) groups is 2. The normalized spacial score (nSPS) is 26.5. The molecule has 1 fully saturated rings. The number of hydrogen-bond donors (Lipinski definition) is 0. The first-order chi connectivity index (χ1) is 16.5. The number of fused-ring (bicyclic) bond motifs is 4. The second kappa shape index (κ2) is 7.91. The van der Waals surface area contributed by atoms with E-state index in [-0.39, 0.29) is 10.8 Å². The van der Waals surface area contributed by atoms with Gasteiger partial charge in [0.25, 0.3) is 10.0 Å². The van der Waals surface area contributed by atoms with Gasteiger partial charge in [0.15, 0.2) is 0 Å². The van der Waals surface area contributed by atoms with E-state index in [1.807, 2.05) is 30.3 Å². The van der Waals surface area contributed by atoms with Gasteiger partial charge in [-0.1, -0.05) is 66.6 Å². The summed E-state index contributed by atoms with van der Waals surface area (Å²) in [6.07, 6.45) is 8.16. The third-order valence-electron chi connectivity index (χ3n) is 7.66. The quantitative estimate of drug-likeness (QED) is 0.481. The minimum atomic E-state index is -3.93. The zero-order valence-corrected chi connectivity index (χ0v) is 19.5. The molecule has 2 aromatic rings. The average Bonchev–Trinajstić information content (AvgIpc) is 3.30. The molecular formula is C28H25NO4S. The summed E-state index contributed by atoms with van der Waals surface area (Å²) < 4.78 is 29.1. The van der Waals surface area contributed by atoms with E-state index in [4.69, 9.17) is 0 Å². The van der Waals surface area contributed by atoms with Crippen molar-refractivity contribution in [2.45, 2.75) is 43.0 Å². The molecule has 6 rings (SSSR count). The number of rotatable bonds is 3. The fraction of sp³-hybridized carbons (Fsp3) is 0.286. The Bertz CT molecular complexity index is 1390. The van der Waals surface area contributed by atoms with Crippen molar-refractivity contribution in [3.05, 3.63) is 95.2 Å². The molecule has 5 nitrogen and oxygen atoms in total. The number of allylic oxidation sites excluding steroid dienone is 3. The standard InChI is InChI=1S/C28H25NO4S/c30-27-24-21-14-8-7-11-19(21)15-16-22(24)26-25(28(27)31)23(18-9-3-1-4-10-18)17-29(26)34(32,33)20-12-5-2-6-13-20/h1-6,9-10,12-13,15,17,21,25-26H,7-8,11,14,16H2. The van der Waals surface area contributed by atoms with Crippen molar-refractivity contribution in [1.29, 1.82) is 0 Å². The van der Waals surface area contributed by atoms with Crippen LogP contribution >= 0.6 is 0 Å². The van der Waals surface area contributed by atoms with Crippen LogP contribution in [0.15, 0.2) is 94.6 Å². The Morgan fingerprint density at radius 3 is 2.32 bits per heavy atom. The fourth-order valence-corrected chi connectivity index (χ4v) is 7.66. The van der Waals surface area contributed by atoms with Gasteiger partial charge in [-0.25, -0.2) is 8.42 Å². The molecule has 1 aliphatic heterocycles. The molecule has 0 amide bonds. The Hall–Kier alpha value is -3.25. The summed E-state index contributed by atoms with van der Waals surface area (Å²) in [5.41, 5.74) is 3.95. The third-order valence-corrected chi connectivity index (χ3v) is 9.41. The van der Waals surface area contributed by atoms with Crippen LogP contribution in [0.2, 0.25) is 0 Å². The van der Waals surface area contributed by atoms with Gasteiger partial charge in [-0.05, 0) is 54.5 Å². The lowest BCUT2D eigenvalue weighted by Gasteiger charge is -2.41. The SMILES string of the molecule is O=C1C(=O)C2C(c3ccccc3)=CN(S(=O)(=O)c3ccccc3)C2C2=C1C1CCCCC1=CC2. The van der Waals surface area contributed by atoms with Crippen LogP contribution in [0, 0.1) is 11.8 Å². The molecule has 1 heterocycles. The van der Waals surface area contributed by atoms with Crippen molar-refractivity contribution < 1.29 is 18.0 Å². The first-order valence-electron chi connectivity index (χ1n) is 11.8. The van der Waals surface area contributed by atoms with Gasteiger partial charge < -0.3 is 0 Å². The number of ketones is 2. The summed E-state index contributed by atoms with van der Waals surface area (Å²) in [6.45, 7) is 0. The lowest BCUT2D eigenvalue weighted by Crippen LogP contribution is -2.49. The Morgan fingerprint density at radius 2 is 1.59 bits per heavy atom. The van der Waals surface area contributed by atoms with Crippen LogP contribution < -0.4 is 0 Å². The van der Waals surface area contributed by atoms with Gasteiger partial charge in [0.1, 0.15) is 0 Å². The number of hydrogen-bond acceptors (Lipinski definition) is 4. The molecule has 0 saturated heterocycles. The van der Waals surface area contributed by atoms with E-state index in [9.17, 15) is 18.0 Å². The van der Waals surface area contributed by atoms with Gasteiger partial charge in [0.2, 0.25) is 11.6 Å². The third kappa shape index (κ3) is 3.08. The zero-order chi connectivity index (χ0) is 23.4. The van der Waals surface area contributed by atoms with E-state index in [0.717, 1.165) is 36.8 Å². The first-order valence-corrected chi connectivity index (χ1v) is 13.3. The maximum Gasteiger partial charge on any atom is 0.264 e. The Kier molecular flexibility index (Phi) is 4.96. The molecule has 34 heavy (non-hydrogen) atoms. The molecule has 0 aromatic heterocycles. The molecule has 3 unspecified atom stereocenters. The minimum Gasteiger partial charge on any atom is -0.290 e. The van der Waals surface area contributed by atoms with Crippen LogP contribution in [0.25, 0.3) is 5.57 Å². The summed E-state index contributed by atoms with van der Waals surface area (Å²) in [4.78, 5) is 27.4. The molecule has 0 bridgehead atoms. The van der Waals surface area contributed by atoms with Gasteiger partial charge >= 0.3 is 0 Å². The van der Waals surface area contributed by atoms with Crippen molar-refractivity contribution in [3.8, 4) is 0 Å². The van der Waals surface area contributed by atoms with Crippen LogP contribution in [0.4, 0.5) is 0 Å². The average molecular weight is 472 g/mol. The lowest BCUT2D eigenvalue weighted by atomic mass is 9.65. The van der Waals surface area contributed by atoms with Crippen molar-refractivity contribution in [1.82, 2.24) is 4.31 Å². The summed E-state index contributed by atoms with van der Waals surface area (Å²) in [7, 11) is -3.93. The number of Topliss-reactive ketones (excluding diaryl/α,β-unsaturated/α-hetero) is 2. The number of sulfonamides is 1. The summed E-state index contributed by atoms with van der Waals surface area (Å²) in [5.74, 6) is -1.80. The molecule has 0 N–H and O–H groups in total. The lowest BCUT2D eigenvalue weighted by molar-refractivity contribution is -0.137. The Morgan fingerprint density at radius 1 is 0.882 bits per heavy atom. The molecular weight excluding hydrogens is 446 g/mol. The molecule has 1 saturated carbocycles. The first kappa shape index (κ1) is 21.3. The van der Waals surface area contributed by atoms with E-state index in [1.54, 1.807) is 36.5 Å². The van der Waals surface area contributed by atoms with Gasteiger partial charge in [0, 0.05) is 17.7 Å². The van der Waals surface area contributed by atoms with Crippen molar-refractivity contribution in [2.24, 2.45) is 11.8 Å². The molecule has 0 spiro atoms. The van der Waals surface area contributed by atoms with Crippen LogP contribution in [0.1, 0.15) is 37.7 Å². The van der Waals surface area contributed by atoms with E-state index in [2.05, 4.69) is 6.08 Å². The molecule has 3 atom stereocenters. The largest absolute Gasteiger partial charge is 0.290 e. The maximum atomic E-state index is 13.9. The summed E-state index contributed by atoms with van der Waals surface area (Å²) >= 11 is 0. The fourth-order valence-electron chi connectivity index (χ4n) is 6.12. The van der Waals surface area contributed by atoms with Crippen LogP contribution in [0.3, 0.4) is 0 Å². The second-order valence-electron chi connectivity index (χ2n) is 9.43. The highest BCUT2D eigenvalue weighted by Gasteiger charge is 2.54. The Labute approximate surface area is 199 Å². The highest BCUT2D eigenvalue weighted by Crippen LogP contribution is 2.51. The van der Waals surface area contributed by atoms with Crippen molar-refractivity contribution in [3.63, 3.8) is 0 Å². The van der Waals surface area contributed by atoms with Gasteiger partial charge in [0.05, 0.1) is 16.9 Å². The summed E-state index contributed by atoms with van der Waals surface area (Å²) in [6, 6.07) is 16.9. The van der Waals surface area contributed by atoms with E-state index >= 15 is 0 Å². The number of carbonyl (C=O) groups excluding carboxylic acids is 2. The predicted octanol–water partition coefficient (Wildman–Crippen LogP) is 4.69. The summed E-state index contributed by atoms with van der Waals surface area (Å²) in [5, 5.41) is 0. The Balaban J connectivity index is 1.55. The van der Waals surface area contributed by atoms with E-state index in [1.165, 1.54) is 9.88 Å². The molecule has 4 aliphatic rings. The van der Waals surface area contributed by atoms with Crippen molar-refractivity contribution in [2.75, 3.05) is 0 Å². The molecule has 0 radical (unpaired) electrons. The molecule has 6 heteroatoms. The highest BCUT2D eigenvalue weighted by atomic mass is 32.2. The minimum absolute atomic E-state index is 0.0584. The van der Waals surface area contributed by atoms with Crippen LogP contribution in [0.5, 0.6) is 0 Å². The van der Waals surface area contributed by atoms with E-state index < -0.39 is 33.5 Å². The van der Waals surface area contributed by atoms with Gasteiger partial charge in [-0.15, -0.1) is 0 Å². The van der Waals surface area contributed by atoms with Gasteiger partial charge in [-0.2, -0.15) is 0 Å². The second-order valence-corrected chi connectivity index (χ2v) is 11.3. The number of nitrogens with zero attached hydrogens (tertiary/aromatic N) is 1. The molecule has 172 valence electrons. The zero-order valence-electron chi connectivity index (χ0n) is 18.7. The van der Waals surface area contributed by atoms with Crippen LogP contribution in [-0.4, -0.2) is 30.3 Å². The van der Waals surface area contributed by atoms with Crippen LogP contribution in [-0.2, 0) is 19.6 Å².